The molecule has 0 spiro atoms. The predicted octanol–water partition coefficient (Wildman–Crippen LogP) is 3.97. The van der Waals surface area contributed by atoms with Crippen molar-refractivity contribution in [2.45, 2.75) is 25.4 Å². The molecule has 7 heteroatoms. The summed E-state index contributed by atoms with van der Waals surface area (Å²) in [7, 11) is 1.70. The molecule has 2 unspecified atom stereocenters. The lowest BCUT2D eigenvalue weighted by Gasteiger charge is -2.49. The average Bonchev–Trinajstić information content (AvgIpc) is 2.89. The number of piperazine rings is 1. The minimum atomic E-state index is -0.118. The minimum absolute atomic E-state index is 0.102. The van der Waals surface area contributed by atoms with Crippen LogP contribution in [0.5, 0.6) is 5.75 Å². The molecule has 1 N–H and O–H groups in total. The van der Waals surface area contributed by atoms with Crippen LogP contribution < -0.4 is 15.0 Å². The van der Waals surface area contributed by atoms with E-state index in [1.54, 1.807) is 13.3 Å². The van der Waals surface area contributed by atoms with E-state index in [0.29, 0.717) is 6.54 Å². The summed E-state index contributed by atoms with van der Waals surface area (Å²) in [6, 6.07) is 20.2. The highest BCUT2D eigenvalue weighted by atomic mass is 35.5. The van der Waals surface area contributed by atoms with Crippen molar-refractivity contribution in [2.75, 3.05) is 38.2 Å². The topological polar surface area (TPSA) is 57.7 Å². The molecule has 1 fully saturated rings. The van der Waals surface area contributed by atoms with Gasteiger partial charge < -0.3 is 15.0 Å². The lowest BCUT2D eigenvalue weighted by atomic mass is 9.83. The number of hydrogen-bond acceptors (Lipinski definition) is 5. The van der Waals surface area contributed by atoms with Crippen molar-refractivity contribution < 1.29 is 9.53 Å². The van der Waals surface area contributed by atoms with Crippen molar-refractivity contribution in [3.05, 3.63) is 88.7 Å². The third kappa shape index (κ3) is 5.44. The van der Waals surface area contributed by atoms with Gasteiger partial charge in [-0.2, -0.15) is 0 Å². The molecule has 2 aliphatic heterocycles. The van der Waals surface area contributed by atoms with Crippen LogP contribution in [0.2, 0.25) is 5.02 Å². The van der Waals surface area contributed by atoms with Gasteiger partial charge in [0.25, 0.3) is 0 Å². The second-order valence-electron chi connectivity index (χ2n) is 9.29. The summed E-state index contributed by atoms with van der Waals surface area (Å²) in [6.45, 7) is 4.07. The van der Waals surface area contributed by atoms with E-state index in [2.05, 4.69) is 44.4 Å². The van der Waals surface area contributed by atoms with Crippen molar-refractivity contribution >= 4 is 23.2 Å². The number of methoxy groups -OCH3 is 1. The van der Waals surface area contributed by atoms with Crippen molar-refractivity contribution in [2.24, 2.45) is 5.92 Å². The molecule has 2 aliphatic rings. The molecular weight excluding hydrogens is 460 g/mol. The summed E-state index contributed by atoms with van der Waals surface area (Å²) in [6.07, 6.45) is 3.24. The summed E-state index contributed by atoms with van der Waals surface area (Å²) >= 11 is 6.07. The smallest absolute Gasteiger partial charge is 0.225 e. The van der Waals surface area contributed by atoms with Crippen LogP contribution in [0.3, 0.4) is 0 Å². The van der Waals surface area contributed by atoms with Gasteiger partial charge in [-0.3, -0.25) is 14.7 Å². The third-order valence-corrected chi connectivity index (χ3v) is 7.32. The van der Waals surface area contributed by atoms with E-state index in [9.17, 15) is 4.79 Å². The van der Waals surface area contributed by atoms with E-state index in [4.69, 9.17) is 16.3 Å². The predicted molar refractivity (Wildman–Crippen MR) is 139 cm³/mol. The first-order valence-electron chi connectivity index (χ1n) is 12.2. The molecule has 0 saturated carbocycles. The molecule has 3 aromatic rings. The number of nitrogens with zero attached hydrogens (tertiary/aromatic N) is 3. The number of aromatic nitrogens is 1. The zero-order chi connectivity index (χ0) is 24.2. The van der Waals surface area contributed by atoms with Crippen LogP contribution in [0.15, 0.2) is 66.9 Å². The van der Waals surface area contributed by atoms with Crippen LogP contribution in [0, 0.1) is 5.92 Å². The molecule has 0 bridgehead atoms. The van der Waals surface area contributed by atoms with E-state index < -0.39 is 0 Å². The maximum Gasteiger partial charge on any atom is 0.225 e. The monoisotopic (exact) mass is 490 g/mol. The summed E-state index contributed by atoms with van der Waals surface area (Å²) in [5.41, 5.74) is 4.62. The second kappa shape index (κ2) is 10.7. The highest BCUT2D eigenvalue weighted by Gasteiger charge is 2.41. The zero-order valence-electron chi connectivity index (χ0n) is 20.0. The van der Waals surface area contributed by atoms with E-state index >= 15 is 0 Å². The molecule has 0 radical (unpaired) electrons. The molecule has 0 aliphatic carbocycles. The molecule has 35 heavy (non-hydrogen) atoms. The molecule has 1 aromatic heterocycles. The average molecular weight is 491 g/mol. The highest BCUT2D eigenvalue weighted by molar-refractivity contribution is 6.30. The lowest BCUT2D eigenvalue weighted by Crippen LogP contribution is -2.61. The molecule has 6 nitrogen and oxygen atoms in total. The highest BCUT2D eigenvalue weighted by Crippen LogP contribution is 2.38. The summed E-state index contributed by atoms with van der Waals surface area (Å²) in [5, 5.41) is 3.94. The van der Waals surface area contributed by atoms with Gasteiger partial charge in [0.1, 0.15) is 5.75 Å². The Morgan fingerprint density at radius 1 is 1.14 bits per heavy atom. The van der Waals surface area contributed by atoms with Crippen molar-refractivity contribution in [1.29, 1.82) is 0 Å². The fraction of sp³-hybridized carbons (Fsp3) is 0.357. The number of pyridine rings is 1. The molecular formula is C28H31ClN4O2. The Hall–Kier alpha value is -3.09. The molecule has 2 aromatic carbocycles. The Bertz CT molecular complexity index is 1160. The van der Waals surface area contributed by atoms with Crippen LogP contribution in [0.1, 0.15) is 16.8 Å². The number of benzene rings is 2. The minimum Gasteiger partial charge on any atom is -0.497 e. The van der Waals surface area contributed by atoms with Gasteiger partial charge in [-0.25, -0.2) is 0 Å². The van der Waals surface area contributed by atoms with Crippen LogP contribution in [0.25, 0.3) is 0 Å². The van der Waals surface area contributed by atoms with E-state index in [-0.39, 0.29) is 17.9 Å². The van der Waals surface area contributed by atoms with Crippen molar-refractivity contribution in [1.82, 2.24) is 15.2 Å². The van der Waals surface area contributed by atoms with Crippen LogP contribution >= 0.6 is 11.6 Å². The molecule has 1 saturated heterocycles. The number of nitrogens with one attached hydrogen (secondary N) is 1. The normalized spacial score (nSPS) is 19.5. The van der Waals surface area contributed by atoms with Gasteiger partial charge in [0, 0.05) is 67.8 Å². The molecule has 3 heterocycles. The zero-order valence-corrected chi connectivity index (χ0v) is 20.7. The number of halogens is 1. The number of hydrogen-bond donors (Lipinski definition) is 1. The first kappa shape index (κ1) is 23.6. The maximum atomic E-state index is 13.5. The lowest BCUT2D eigenvalue weighted by molar-refractivity contribution is -0.126. The van der Waals surface area contributed by atoms with Crippen LogP contribution in [0.4, 0.5) is 5.69 Å². The first-order valence-corrected chi connectivity index (χ1v) is 12.6. The molecule has 5 rings (SSSR count). The second-order valence-corrected chi connectivity index (χ2v) is 9.73. The number of ether oxygens (including phenoxy) is 1. The number of anilines is 1. The summed E-state index contributed by atoms with van der Waals surface area (Å²) in [5.74, 6) is 0.850. The molecule has 182 valence electrons. The molecule has 1 amide bonds. The van der Waals surface area contributed by atoms with E-state index in [1.165, 1.54) is 16.8 Å². The number of fused-ring (bicyclic) bond motifs is 3. The van der Waals surface area contributed by atoms with Gasteiger partial charge in [0.2, 0.25) is 5.91 Å². The SMILES string of the molecule is COc1ccc2c(c1)N1CCN(Cc3ccc(Cl)cc3)CC1C(C(=O)NCCc1ccccn1)C2. The standard InChI is InChI=1S/C28H31ClN4O2/c1-35-24-10-7-21-16-25(28(34)31-13-11-23-4-2-3-12-30-23)27-19-32(14-15-33(27)26(21)17-24)18-20-5-8-22(29)9-6-20/h2-10,12,17,25,27H,11,13-16,18-19H2,1H3,(H,31,34). The van der Waals surface area contributed by atoms with E-state index in [0.717, 1.165) is 55.5 Å². The van der Waals surface area contributed by atoms with E-state index in [1.807, 2.05) is 36.4 Å². The molecule has 2 atom stereocenters. The van der Waals surface area contributed by atoms with Gasteiger partial charge in [-0.05, 0) is 47.9 Å². The Morgan fingerprint density at radius 3 is 2.77 bits per heavy atom. The van der Waals surface area contributed by atoms with Crippen LogP contribution in [-0.2, 0) is 24.2 Å². The van der Waals surface area contributed by atoms with Gasteiger partial charge in [-0.15, -0.1) is 0 Å². The van der Waals surface area contributed by atoms with Crippen molar-refractivity contribution in [3.8, 4) is 5.75 Å². The fourth-order valence-corrected chi connectivity index (χ4v) is 5.37. The Kier molecular flexibility index (Phi) is 7.21. The first-order chi connectivity index (χ1) is 17.1. The quantitative estimate of drug-likeness (QED) is 0.543. The summed E-state index contributed by atoms with van der Waals surface area (Å²) < 4.78 is 5.51. The van der Waals surface area contributed by atoms with Crippen LogP contribution in [-0.4, -0.2) is 55.1 Å². The number of rotatable bonds is 7. The number of carbonyl (C=O) groups excluding carboxylic acids is 1. The third-order valence-electron chi connectivity index (χ3n) is 7.07. The number of carbonyl (C=O) groups is 1. The van der Waals surface area contributed by atoms with Gasteiger partial charge in [0.05, 0.1) is 19.1 Å². The maximum absolute atomic E-state index is 13.5. The van der Waals surface area contributed by atoms with Gasteiger partial charge in [-0.1, -0.05) is 35.9 Å². The Morgan fingerprint density at radius 2 is 2.00 bits per heavy atom. The largest absolute Gasteiger partial charge is 0.497 e. The van der Waals surface area contributed by atoms with Gasteiger partial charge in [0.15, 0.2) is 0 Å². The van der Waals surface area contributed by atoms with Crippen molar-refractivity contribution in [3.63, 3.8) is 0 Å². The Balaban J connectivity index is 1.33. The van der Waals surface area contributed by atoms with Gasteiger partial charge >= 0.3 is 0 Å². The fourth-order valence-electron chi connectivity index (χ4n) is 5.25. The summed E-state index contributed by atoms with van der Waals surface area (Å²) in [4.78, 5) is 22.7. The number of amides is 1. The Labute approximate surface area is 211 Å².